The van der Waals surface area contributed by atoms with E-state index in [1.165, 1.54) is 5.56 Å². The average Bonchev–Trinajstić information content (AvgIpc) is 2.73. The Balaban J connectivity index is 1.77. The zero-order chi connectivity index (χ0) is 18.6. The molecule has 1 heterocycles. The highest BCUT2D eigenvalue weighted by atomic mass is 32.2. The zero-order valence-electron chi connectivity index (χ0n) is 14.9. The number of methoxy groups -OCH3 is 1. The Labute approximate surface area is 162 Å². The third kappa shape index (κ3) is 3.62. The number of thioether (sulfide) groups is 1. The van der Waals surface area contributed by atoms with E-state index in [0.29, 0.717) is 5.39 Å². The molecule has 0 bridgehead atoms. The van der Waals surface area contributed by atoms with E-state index < -0.39 is 0 Å². The molecule has 3 nitrogen and oxygen atoms in total. The van der Waals surface area contributed by atoms with Gasteiger partial charge in [0.2, 0.25) is 0 Å². The van der Waals surface area contributed by atoms with E-state index in [2.05, 4.69) is 4.98 Å². The van der Waals surface area contributed by atoms with Crippen molar-refractivity contribution < 1.29 is 4.74 Å². The Morgan fingerprint density at radius 1 is 0.889 bits per heavy atom. The molecule has 0 fully saturated rings. The van der Waals surface area contributed by atoms with Crippen LogP contribution >= 0.6 is 11.8 Å². The number of fused-ring (bicyclic) bond motifs is 1. The second kappa shape index (κ2) is 7.72. The number of hydrogen-bond acceptors (Lipinski definition) is 3. The van der Waals surface area contributed by atoms with Gasteiger partial charge < -0.3 is 9.72 Å². The SMILES string of the molecule is COc1ccc(CSc2[nH]c3ccccc3c(=O)c2-c2ccccc2)cc1. The number of ether oxygens (including phenoxy) is 1. The van der Waals surface area contributed by atoms with Gasteiger partial charge in [0.25, 0.3) is 0 Å². The Kier molecular flexibility index (Phi) is 4.99. The van der Waals surface area contributed by atoms with E-state index >= 15 is 0 Å². The number of benzene rings is 3. The second-order valence-corrected chi connectivity index (χ2v) is 7.19. The van der Waals surface area contributed by atoms with Crippen molar-refractivity contribution >= 4 is 22.7 Å². The van der Waals surface area contributed by atoms with Gasteiger partial charge in [-0.1, -0.05) is 54.6 Å². The number of pyridine rings is 1. The summed E-state index contributed by atoms with van der Waals surface area (Å²) in [7, 11) is 1.66. The first-order chi connectivity index (χ1) is 13.3. The molecule has 4 aromatic rings. The molecule has 134 valence electrons. The highest BCUT2D eigenvalue weighted by Crippen LogP contribution is 2.31. The fraction of sp³-hybridized carbons (Fsp3) is 0.0870. The van der Waals surface area contributed by atoms with Crippen molar-refractivity contribution in [2.45, 2.75) is 10.8 Å². The van der Waals surface area contributed by atoms with E-state index in [9.17, 15) is 4.79 Å². The summed E-state index contributed by atoms with van der Waals surface area (Å²) < 4.78 is 5.22. The van der Waals surface area contributed by atoms with Gasteiger partial charge in [-0.15, -0.1) is 11.8 Å². The van der Waals surface area contributed by atoms with Crippen LogP contribution in [0.5, 0.6) is 5.75 Å². The molecule has 0 aliphatic rings. The average molecular weight is 373 g/mol. The van der Waals surface area contributed by atoms with Crippen LogP contribution in [0.1, 0.15) is 5.56 Å². The summed E-state index contributed by atoms with van der Waals surface area (Å²) >= 11 is 1.64. The lowest BCUT2D eigenvalue weighted by Crippen LogP contribution is -2.09. The highest BCUT2D eigenvalue weighted by Gasteiger charge is 2.14. The zero-order valence-corrected chi connectivity index (χ0v) is 15.8. The third-order valence-corrected chi connectivity index (χ3v) is 5.55. The van der Waals surface area contributed by atoms with Crippen molar-refractivity contribution in [3.05, 3.63) is 94.6 Å². The maximum absolute atomic E-state index is 13.2. The van der Waals surface area contributed by atoms with Gasteiger partial charge in [0.15, 0.2) is 5.43 Å². The van der Waals surface area contributed by atoms with Crippen molar-refractivity contribution in [3.63, 3.8) is 0 Å². The van der Waals surface area contributed by atoms with Crippen LogP contribution in [-0.2, 0) is 5.75 Å². The third-order valence-electron chi connectivity index (χ3n) is 4.48. The fourth-order valence-electron chi connectivity index (χ4n) is 3.07. The number of H-pyrrole nitrogens is 1. The number of hydrogen-bond donors (Lipinski definition) is 1. The number of nitrogens with one attached hydrogen (secondary N) is 1. The quantitative estimate of drug-likeness (QED) is 0.470. The van der Waals surface area contributed by atoms with E-state index in [1.54, 1.807) is 18.9 Å². The van der Waals surface area contributed by atoms with Crippen LogP contribution in [0.25, 0.3) is 22.0 Å². The molecule has 0 radical (unpaired) electrons. The predicted molar refractivity (Wildman–Crippen MR) is 113 cm³/mol. The molecule has 0 unspecified atom stereocenters. The van der Waals surface area contributed by atoms with E-state index in [1.807, 2.05) is 78.9 Å². The molecule has 0 spiro atoms. The molecule has 0 amide bonds. The molecule has 0 saturated heterocycles. The molecule has 1 N–H and O–H groups in total. The number of rotatable bonds is 5. The van der Waals surface area contributed by atoms with Gasteiger partial charge in [-0.2, -0.15) is 0 Å². The molecular formula is C23H19NO2S. The monoisotopic (exact) mass is 373 g/mol. The van der Waals surface area contributed by atoms with Crippen LogP contribution in [0.15, 0.2) is 88.7 Å². The lowest BCUT2D eigenvalue weighted by Gasteiger charge is -2.12. The minimum Gasteiger partial charge on any atom is -0.497 e. The Hall–Kier alpha value is -2.98. The first-order valence-corrected chi connectivity index (χ1v) is 9.71. The van der Waals surface area contributed by atoms with Crippen molar-refractivity contribution in [1.29, 1.82) is 0 Å². The van der Waals surface area contributed by atoms with E-state index in [4.69, 9.17) is 4.74 Å². The summed E-state index contributed by atoms with van der Waals surface area (Å²) in [5.74, 6) is 1.60. The molecule has 27 heavy (non-hydrogen) atoms. The van der Waals surface area contributed by atoms with Crippen LogP contribution < -0.4 is 10.2 Å². The van der Waals surface area contributed by atoms with Crippen molar-refractivity contribution in [3.8, 4) is 16.9 Å². The first-order valence-electron chi connectivity index (χ1n) is 8.72. The number of aromatic nitrogens is 1. The molecular weight excluding hydrogens is 354 g/mol. The minimum absolute atomic E-state index is 0.0628. The smallest absolute Gasteiger partial charge is 0.198 e. The lowest BCUT2D eigenvalue weighted by atomic mass is 10.0. The summed E-state index contributed by atoms with van der Waals surface area (Å²) in [6.07, 6.45) is 0. The molecule has 4 rings (SSSR count). The van der Waals surface area contributed by atoms with Crippen LogP contribution in [-0.4, -0.2) is 12.1 Å². The first kappa shape index (κ1) is 17.4. The summed E-state index contributed by atoms with van der Waals surface area (Å²) in [5.41, 5.74) is 3.76. The van der Waals surface area contributed by atoms with Crippen LogP contribution in [0.2, 0.25) is 0 Å². The maximum Gasteiger partial charge on any atom is 0.198 e. The Morgan fingerprint density at radius 3 is 2.33 bits per heavy atom. The highest BCUT2D eigenvalue weighted by molar-refractivity contribution is 7.98. The van der Waals surface area contributed by atoms with E-state index in [-0.39, 0.29) is 5.43 Å². The van der Waals surface area contributed by atoms with Crippen LogP contribution in [0.4, 0.5) is 0 Å². The van der Waals surface area contributed by atoms with Gasteiger partial charge in [0.1, 0.15) is 5.75 Å². The van der Waals surface area contributed by atoms with Crippen LogP contribution in [0, 0.1) is 0 Å². The molecule has 0 atom stereocenters. The second-order valence-electron chi connectivity index (χ2n) is 6.21. The summed E-state index contributed by atoms with van der Waals surface area (Å²) in [5, 5.41) is 1.60. The van der Waals surface area contributed by atoms with Gasteiger partial charge >= 0.3 is 0 Å². The normalized spacial score (nSPS) is 10.9. The summed E-state index contributed by atoms with van der Waals surface area (Å²) in [6, 6.07) is 25.5. The Bertz CT molecular complexity index is 1120. The molecule has 1 aromatic heterocycles. The molecule has 3 aromatic carbocycles. The molecule has 4 heteroatoms. The molecule has 0 saturated carbocycles. The standard InChI is InChI=1S/C23H19NO2S/c1-26-18-13-11-16(12-14-18)15-27-23-21(17-7-3-2-4-8-17)22(25)19-9-5-6-10-20(19)24-23/h2-14H,15H2,1H3,(H,24,25). The summed E-state index contributed by atoms with van der Waals surface area (Å²) in [4.78, 5) is 16.7. The van der Waals surface area contributed by atoms with Crippen molar-refractivity contribution in [2.24, 2.45) is 0 Å². The lowest BCUT2D eigenvalue weighted by molar-refractivity contribution is 0.414. The maximum atomic E-state index is 13.2. The van der Waals surface area contributed by atoms with E-state index in [0.717, 1.165) is 33.2 Å². The fourth-order valence-corrected chi connectivity index (χ4v) is 4.11. The van der Waals surface area contributed by atoms with Crippen molar-refractivity contribution in [2.75, 3.05) is 7.11 Å². The predicted octanol–water partition coefficient (Wildman–Crippen LogP) is 5.50. The van der Waals surface area contributed by atoms with Gasteiger partial charge in [-0.3, -0.25) is 4.79 Å². The van der Waals surface area contributed by atoms with Gasteiger partial charge in [0.05, 0.1) is 23.2 Å². The number of aromatic amines is 1. The van der Waals surface area contributed by atoms with Crippen molar-refractivity contribution in [1.82, 2.24) is 4.98 Å². The van der Waals surface area contributed by atoms with Gasteiger partial charge in [-0.25, -0.2) is 0 Å². The largest absolute Gasteiger partial charge is 0.497 e. The Morgan fingerprint density at radius 2 is 1.59 bits per heavy atom. The topological polar surface area (TPSA) is 42.1 Å². The number of para-hydroxylation sites is 1. The van der Waals surface area contributed by atoms with Gasteiger partial charge in [0, 0.05) is 11.1 Å². The summed E-state index contributed by atoms with van der Waals surface area (Å²) in [6.45, 7) is 0. The minimum atomic E-state index is 0.0628. The van der Waals surface area contributed by atoms with Crippen LogP contribution in [0.3, 0.4) is 0 Å². The van der Waals surface area contributed by atoms with Gasteiger partial charge in [-0.05, 0) is 35.4 Å². The molecule has 0 aliphatic heterocycles. The molecule has 0 aliphatic carbocycles.